The highest BCUT2D eigenvalue weighted by Gasteiger charge is 2.52. The summed E-state index contributed by atoms with van der Waals surface area (Å²) >= 11 is 6.08. The first-order valence-electron chi connectivity index (χ1n) is 15.9. The Bertz CT molecular complexity index is 1870. The van der Waals surface area contributed by atoms with Gasteiger partial charge in [-0.05, 0) is 43.5 Å². The number of benzene rings is 1. The summed E-state index contributed by atoms with van der Waals surface area (Å²) < 4.78 is 45.1. The Labute approximate surface area is 295 Å². The molecule has 2 radical (unpaired) electrons. The molecule has 6 rings (SSSR count). The summed E-state index contributed by atoms with van der Waals surface area (Å²) in [6.07, 6.45) is -1.97. The standard InChI is InChI=1S/C31H32BClF3N9O6/c1-3-21-23(42-8-10-43(11-9-42)26(47)22-24(46)16(2)37-15-38-22)27(48)45-29(40-25(41-45)17-6-12-51-13-7-17)44(21)30(32,50)28(49)39-20-5-4-18(14-19(20)33)31(34,35)36/h4-6,14-15,25,41,46,50H,3,7-13H2,1-2H3,(H,39,49). The zero-order valence-electron chi connectivity index (χ0n) is 27.4. The minimum Gasteiger partial charge on any atom is -0.504 e. The van der Waals surface area contributed by atoms with Crippen LogP contribution in [0.25, 0.3) is 0 Å². The fourth-order valence-corrected chi connectivity index (χ4v) is 6.35. The Morgan fingerprint density at radius 2 is 1.92 bits per heavy atom. The second-order valence-electron chi connectivity index (χ2n) is 12.0. The number of ether oxygens (including phenoxy) is 1. The predicted molar refractivity (Wildman–Crippen MR) is 176 cm³/mol. The highest BCUT2D eigenvalue weighted by atomic mass is 35.5. The van der Waals surface area contributed by atoms with Crippen LogP contribution in [0.15, 0.2) is 52.6 Å². The van der Waals surface area contributed by atoms with Gasteiger partial charge in [0.15, 0.2) is 24.9 Å². The lowest BCUT2D eigenvalue weighted by molar-refractivity contribution is -0.138. The van der Waals surface area contributed by atoms with Gasteiger partial charge in [-0.15, -0.1) is 0 Å². The van der Waals surface area contributed by atoms with E-state index >= 15 is 0 Å². The molecule has 0 bridgehead atoms. The van der Waals surface area contributed by atoms with Crippen LogP contribution in [0.3, 0.4) is 0 Å². The average Bonchev–Trinajstić information content (AvgIpc) is 3.55. The second kappa shape index (κ2) is 13.8. The van der Waals surface area contributed by atoms with E-state index in [-0.39, 0.29) is 72.8 Å². The fraction of sp³-hybridized carbons (Fsp3) is 0.419. The molecule has 0 aliphatic carbocycles. The molecule has 2 unspecified atom stereocenters. The number of nitrogens with zero attached hydrogens (tertiary/aromatic N) is 7. The van der Waals surface area contributed by atoms with Gasteiger partial charge < -0.3 is 30.1 Å². The number of alkyl halides is 3. The number of nitrogens with one attached hydrogen (secondary N) is 2. The van der Waals surface area contributed by atoms with E-state index in [4.69, 9.17) is 24.2 Å². The lowest BCUT2D eigenvalue weighted by Gasteiger charge is -2.47. The third kappa shape index (κ3) is 6.73. The molecule has 268 valence electrons. The number of carbonyl (C=O) groups is 3. The number of carbonyl (C=O) groups excluding carboxylic acids is 3. The van der Waals surface area contributed by atoms with Crippen molar-refractivity contribution < 1.29 is 42.5 Å². The Hall–Kier alpha value is -4.72. The SMILES string of the molecule is [B]C(O)(C(=O)Nc1ccc(C(F)(F)F)cc1Cl)N1C2=NC(C3=CCOCC3)NN2C(=O)C(N2CCN(C(=O)c3ncnc(C)c3O)CC2)=C1CC. The first-order valence-corrected chi connectivity index (χ1v) is 16.2. The van der Waals surface area contributed by atoms with E-state index in [1.807, 2.05) is 0 Å². The molecular weight excluding hydrogens is 698 g/mol. The van der Waals surface area contributed by atoms with Crippen molar-refractivity contribution in [3.63, 3.8) is 0 Å². The van der Waals surface area contributed by atoms with Crippen LogP contribution in [0.1, 0.15) is 41.5 Å². The number of hydrogen-bond donors (Lipinski definition) is 4. The molecule has 1 aromatic heterocycles. The van der Waals surface area contributed by atoms with Crippen LogP contribution in [0.4, 0.5) is 18.9 Å². The van der Waals surface area contributed by atoms with Crippen molar-refractivity contribution in [1.29, 1.82) is 0 Å². The molecule has 1 fully saturated rings. The third-order valence-electron chi connectivity index (χ3n) is 8.84. The molecule has 4 N–H and O–H groups in total. The number of aliphatic imine (C=N–C) groups is 1. The van der Waals surface area contributed by atoms with Gasteiger partial charge in [-0.25, -0.2) is 20.0 Å². The molecule has 5 heterocycles. The largest absolute Gasteiger partial charge is 0.504 e. The van der Waals surface area contributed by atoms with Crippen LogP contribution in [0.5, 0.6) is 5.75 Å². The van der Waals surface area contributed by atoms with Gasteiger partial charge in [0.05, 0.1) is 40.9 Å². The Morgan fingerprint density at radius 3 is 2.55 bits per heavy atom. The fourth-order valence-electron chi connectivity index (χ4n) is 6.12. The summed E-state index contributed by atoms with van der Waals surface area (Å²) in [6.45, 7) is 4.39. The summed E-state index contributed by atoms with van der Waals surface area (Å²) in [5.74, 6) is -2.91. The summed E-state index contributed by atoms with van der Waals surface area (Å²) in [4.78, 5) is 57.8. The van der Waals surface area contributed by atoms with Gasteiger partial charge in [0.2, 0.25) is 5.96 Å². The highest BCUT2D eigenvalue weighted by Crippen LogP contribution is 2.37. The summed E-state index contributed by atoms with van der Waals surface area (Å²) in [5.41, 5.74) is -0.218. The van der Waals surface area contributed by atoms with Gasteiger partial charge >= 0.3 is 6.18 Å². The number of guanidine groups is 1. The number of hydrazine groups is 1. The van der Waals surface area contributed by atoms with Crippen molar-refractivity contribution in [2.75, 3.05) is 44.7 Å². The lowest BCUT2D eigenvalue weighted by atomic mass is 9.86. The number of aliphatic hydroxyl groups is 1. The van der Waals surface area contributed by atoms with Gasteiger partial charge in [0, 0.05) is 26.2 Å². The molecule has 1 aromatic carbocycles. The van der Waals surface area contributed by atoms with Gasteiger partial charge in [-0.2, -0.15) is 18.6 Å². The number of aromatic nitrogens is 2. The molecule has 4 aliphatic rings. The van der Waals surface area contributed by atoms with E-state index in [2.05, 4.69) is 25.7 Å². The molecule has 1 saturated heterocycles. The van der Waals surface area contributed by atoms with Crippen molar-refractivity contribution in [2.45, 2.75) is 44.7 Å². The number of hydrogen-bond acceptors (Lipinski definition) is 12. The molecule has 15 nitrogen and oxygen atoms in total. The third-order valence-corrected chi connectivity index (χ3v) is 9.15. The molecular formula is C31H32BClF3N9O6. The predicted octanol–water partition coefficient (Wildman–Crippen LogP) is 1.69. The summed E-state index contributed by atoms with van der Waals surface area (Å²) in [6, 6.07) is 2.26. The Morgan fingerprint density at radius 1 is 1.20 bits per heavy atom. The van der Waals surface area contributed by atoms with E-state index in [0.29, 0.717) is 31.8 Å². The normalized spacial score (nSPS) is 20.9. The first-order chi connectivity index (χ1) is 24.1. The van der Waals surface area contributed by atoms with Crippen LogP contribution in [-0.4, -0.2) is 123 Å². The molecule has 51 heavy (non-hydrogen) atoms. The summed E-state index contributed by atoms with van der Waals surface area (Å²) in [7, 11) is 6.39. The average molecular weight is 730 g/mol. The molecule has 3 amide bonds. The molecule has 4 aliphatic heterocycles. The minimum atomic E-state index is -4.69. The molecule has 2 atom stereocenters. The van der Waals surface area contributed by atoms with Crippen LogP contribution < -0.4 is 10.7 Å². The van der Waals surface area contributed by atoms with E-state index < -0.39 is 46.3 Å². The number of amides is 3. The number of allylic oxidation sites excluding steroid dienone is 1. The van der Waals surface area contributed by atoms with Gasteiger partial charge in [-0.3, -0.25) is 19.3 Å². The zero-order chi connectivity index (χ0) is 36.8. The molecule has 20 heteroatoms. The number of rotatable bonds is 7. The number of fused-ring (bicyclic) bond motifs is 1. The maximum atomic E-state index is 14.3. The van der Waals surface area contributed by atoms with Crippen LogP contribution >= 0.6 is 11.6 Å². The van der Waals surface area contributed by atoms with Gasteiger partial charge in [-0.1, -0.05) is 24.6 Å². The minimum absolute atomic E-state index is 0.0518. The van der Waals surface area contributed by atoms with E-state index in [1.165, 1.54) is 18.2 Å². The van der Waals surface area contributed by atoms with Crippen molar-refractivity contribution in [2.24, 2.45) is 4.99 Å². The maximum absolute atomic E-state index is 14.3. The lowest BCUT2D eigenvalue weighted by Crippen LogP contribution is -2.67. The van der Waals surface area contributed by atoms with Crippen molar-refractivity contribution in [3.05, 3.63) is 69.5 Å². The summed E-state index contributed by atoms with van der Waals surface area (Å²) in [5, 5.41) is 25.1. The number of aryl methyl sites for hydroxylation is 1. The maximum Gasteiger partial charge on any atom is 0.416 e. The smallest absolute Gasteiger partial charge is 0.416 e. The number of aromatic hydroxyl groups is 1. The van der Waals surface area contributed by atoms with E-state index in [9.17, 15) is 37.8 Å². The molecule has 2 aromatic rings. The van der Waals surface area contributed by atoms with E-state index in [1.54, 1.807) is 17.9 Å². The van der Waals surface area contributed by atoms with Crippen molar-refractivity contribution in [3.8, 4) is 5.75 Å². The topological polar surface area (TPSA) is 176 Å². The van der Waals surface area contributed by atoms with Crippen LogP contribution in [-0.2, 0) is 20.5 Å². The van der Waals surface area contributed by atoms with Gasteiger partial charge in [0.25, 0.3) is 17.7 Å². The monoisotopic (exact) mass is 729 g/mol. The quantitative estimate of drug-likeness (QED) is 0.241. The van der Waals surface area contributed by atoms with Crippen molar-refractivity contribution in [1.82, 2.24) is 35.1 Å². The van der Waals surface area contributed by atoms with Crippen molar-refractivity contribution >= 4 is 48.8 Å². The van der Waals surface area contributed by atoms with E-state index in [0.717, 1.165) is 21.5 Å². The van der Waals surface area contributed by atoms with Crippen LogP contribution in [0, 0.1) is 6.92 Å². The Balaban J connectivity index is 1.33. The molecule has 0 spiro atoms. The van der Waals surface area contributed by atoms with Crippen LogP contribution in [0.2, 0.25) is 5.02 Å². The second-order valence-corrected chi connectivity index (χ2v) is 12.4. The Kier molecular flexibility index (Phi) is 9.75. The zero-order valence-corrected chi connectivity index (χ0v) is 28.1. The number of anilines is 1. The highest BCUT2D eigenvalue weighted by molar-refractivity contribution is 6.35. The number of halogens is 4. The molecule has 0 saturated carbocycles. The van der Waals surface area contributed by atoms with Gasteiger partial charge in [0.1, 0.15) is 18.2 Å². The first kappa shape index (κ1) is 36.1. The number of piperazine rings is 1.